The lowest BCUT2D eigenvalue weighted by molar-refractivity contribution is -0.130. The number of carbonyl (C=O) groups is 1. The van der Waals surface area contributed by atoms with Gasteiger partial charge in [-0.3, -0.25) is 4.79 Å². The average molecular weight is 333 g/mol. The van der Waals surface area contributed by atoms with E-state index in [1.807, 2.05) is 36.4 Å². The van der Waals surface area contributed by atoms with E-state index in [9.17, 15) is 4.79 Å². The van der Waals surface area contributed by atoms with Crippen molar-refractivity contribution in [3.8, 4) is 0 Å². The summed E-state index contributed by atoms with van der Waals surface area (Å²) in [4.78, 5) is 11.9. The van der Waals surface area contributed by atoms with Crippen LogP contribution in [0.1, 0.15) is 30.5 Å². The van der Waals surface area contributed by atoms with Crippen LogP contribution in [0.15, 0.2) is 53.6 Å². The van der Waals surface area contributed by atoms with E-state index in [0.29, 0.717) is 16.5 Å². The Morgan fingerprint density at radius 3 is 2.55 bits per heavy atom. The summed E-state index contributed by atoms with van der Waals surface area (Å²) < 4.78 is 0. The smallest absolute Gasteiger partial charge is 0.240 e. The van der Waals surface area contributed by atoms with Gasteiger partial charge in [-0.25, -0.2) is 5.01 Å². The molecule has 22 heavy (non-hydrogen) atoms. The minimum absolute atomic E-state index is 0.109. The molecule has 0 saturated heterocycles. The summed E-state index contributed by atoms with van der Waals surface area (Å²) in [5, 5.41) is 7.11. The van der Waals surface area contributed by atoms with Crippen molar-refractivity contribution >= 4 is 34.8 Å². The summed E-state index contributed by atoms with van der Waals surface area (Å²) in [6.45, 7) is 1.51. The fourth-order valence-electron chi connectivity index (χ4n) is 2.62. The molecule has 0 radical (unpaired) electrons. The summed E-state index contributed by atoms with van der Waals surface area (Å²) in [6, 6.07) is 15.0. The Bertz CT molecular complexity index is 744. The fraction of sp³-hybridized carbons (Fsp3) is 0.176. The highest BCUT2D eigenvalue weighted by Crippen LogP contribution is 2.37. The number of hydrogen-bond acceptors (Lipinski definition) is 2. The zero-order valence-corrected chi connectivity index (χ0v) is 13.5. The molecule has 1 atom stereocenters. The molecule has 2 aromatic carbocycles. The van der Waals surface area contributed by atoms with Crippen molar-refractivity contribution < 1.29 is 4.79 Å². The lowest BCUT2D eigenvalue weighted by Crippen LogP contribution is -2.24. The van der Waals surface area contributed by atoms with Gasteiger partial charge < -0.3 is 0 Å². The standard InChI is InChI=1S/C17H14Cl2N2O/c1-11(22)21-17(14-8-7-13(18)9-15(14)19)10-16(20-21)12-5-3-2-4-6-12/h2-9,17H,10H2,1H3/t17-/m0/s1. The Labute approximate surface area is 139 Å². The summed E-state index contributed by atoms with van der Waals surface area (Å²) in [5.41, 5.74) is 2.75. The molecule has 1 aliphatic heterocycles. The third-order valence-electron chi connectivity index (χ3n) is 3.66. The lowest BCUT2D eigenvalue weighted by atomic mass is 9.98. The Morgan fingerprint density at radius 1 is 1.18 bits per heavy atom. The molecule has 0 saturated carbocycles. The third kappa shape index (κ3) is 2.87. The molecule has 0 aliphatic carbocycles. The van der Waals surface area contributed by atoms with Gasteiger partial charge in [-0.1, -0.05) is 59.6 Å². The van der Waals surface area contributed by atoms with Crippen LogP contribution in [-0.2, 0) is 4.79 Å². The van der Waals surface area contributed by atoms with Crippen LogP contribution in [0.2, 0.25) is 10.0 Å². The Hall–Kier alpha value is -1.84. The van der Waals surface area contributed by atoms with Gasteiger partial charge in [-0.15, -0.1) is 0 Å². The van der Waals surface area contributed by atoms with Crippen LogP contribution in [0.5, 0.6) is 0 Å². The molecular weight excluding hydrogens is 319 g/mol. The first-order valence-electron chi connectivity index (χ1n) is 6.94. The topological polar surface area (TPSA) is 32.7 Å². The van der Waals surface area contributed by atoms with E-state index >= 15 is 0 Å². The molecule has 0 spiro atoms. The molecule has 1 amide bonds. The number of halogens is 2. The van der Waals surface area contributed by atoms with Gasteiger partial charge >= 0.3 is 0 Å². The second kappa shape index (κ2) is 6.11. The van der Waals surface area contributed by atoms with Crippen LogP contribution in [0.25, 0.3) is 0 Å². The molecule has 2 aromatic rings. The monoisotopic (exact) mass is 332 g/mol. The first kappa shape index (κ1) is 15.1. The van der Waals surface area contributed by atoms with Gasteiger partial charge in [0, 0.05) is 23.4 Å². The number of nitrogens with zero attached hydrogens (tertiary/aromatic N) is 2. The summed E-state index contributed by atoms with van der Waals surface area (Å²) in [6.07, 6.45) is 0.630. The van der Waals surface area contributed by atoms with E-state index in [0.717, 1.165) is 16.8 Å². The molecule has 0 aromatic heterocycles. The zero-order chi connectivity index (χ0) is 15.7. The second-order valence-corrected chi connectivity index (χ2v) is 6.01. The highest BCUT2D eigenvalue weighted by molar-refractivity contribution is 6.35. The minimum Gasteiger partial charge on any atom is -0.273 e. The number of benzene rings is 2. The van der Waals surface area contributed by atoms with E-state index in [4.69, 9.17) is 23.2 Å². The Kier molecular flexibility index (Phi) is 4.19. The van der Waals surface area contributed by atoms with Crippen molar-refractivity contribution in [2.45, 2.75) is 19.4 Å². The summed E-state index contributed by atoms with van der Waals surface area (Å²) in [7, 11) is 0. The molecule has 1 heterocycles. The second-order valence-electron chi connectivity index (χ2n) is 5.16. The van der Waals surface area contributed by atoms with Gasteiger partial charge in [0.2, 0.25) is 5.91 Å². The van der Waals surface area contributed by atoms with Crippen LogP contribution >= 0.6 is 23.2 Å². The van der Waals surface area contributed by atoms with Crippen LogP contribution in [0.4, 0.5) is 0 Å². The molecular formula is C17H14Cl2N2O. The number of rotatable bonds is 2. The molecule has 3 nitrogen and oxygen atoms in total. The average Bonchev–Trinajstić information content (AvgIpc) is 2.93. The molecule has 5 heteroatoms. The number of hydrazone groups is 1. The minimum atomic E-state index is -0.197. The first-order valence-corrected chi connectivity index (χ1v) is 7.69. The van der Waals surface area contributed by atoms with E-state index < -0.39 is 0 Å². The van der Waals surface area contributed by atoms with Gasteiger partial charge in [-0.2, -0.15) is 5.10 Å². The maximum absolute atomic E-state index is 11.9. The lowest BCUT2D eigenvalue weighted by Gasteiger charge is -2.21. The van der Waals surface area contributed by atoms with E-state index in [1.54, 1.807) is 12.1 Å². The van der Waals surface area contributed by atoms with Crippen molar-refractivity contribution in [1.82, 2.24) is 5.01 Å². The van der Waals surface area contributed by atoms with Crippen molar-refractivity contribution in [3.05, 3.63) is 69.7 Å². The fourth-order valence-corrected chi connectivity index (χ4v) is 3.15. The van der Waals surface area contributed by atoms with Gasteiger partial charge in [0.25, 0.3) is 0 Å². The molecule has 0 N–H and O–H groups in total. The molecule has 0 fully saturated rings. The van der Waals surface area contributed by atoms with E-state index in [2.05, 4.69) is 5.10 Å². The summed E-state index contributed by atoms with van der Waals surface area (Å²) in [5.74, 6) is -0.109. The predicted octanol–water partition coefficient (Wildman–Crippen LogP) is 4.69. The number of amides is 1. The van der Waals surface area contributed by atoms with Crippen molar-refractivity contribution in [2.75, 3.05) is 0 Å². The van der Waals surface area contributed by atoms with E-state index in [-0.39, 0.29) is 11.9 Å². The first-order chi connectivity index (χ1) is 10.6. The van der Waals surface area contributed by atoms with Crippen LogP contribution in [-0.4, -0.2) is 16.6 Å². The van der Waals surface area contributed by atoms with Gasteiger partial charge in [0.1, 0.15) is 0 Å². The van der Waals surface area contributed by atoms with E-state index in [1.165, 1.54) is 11.9 Å². The quantitative estimate of drug-likeness (QED) is 0.785. The van der Waals surface area contributed by atoms with Crippen molar-refractivity contribution in [1.29, 1.82) is 0 Å². The highest BCUT2D eigenvalue weighted by Gasteiger charge is 2.32. The zero-order valence-electron chi connectivity index (χ0n) is 12.0. The number of carbonyl (C=O) groups excluding carboxylic acids is 1. The molecule has 0 bridgehead atoms. The van der Waals surface area contributed by atoms with Crippen molar-refractivity contribution in [3.63, 3.8) is 0 Å². The SMILES string of the molecule is CC(=O)N1N=C(c2ccccc2)C[C@H]1c1ccc(Cl)cc1Cl. The molecule has 1 aliphatic rings. The molecule has 0 unspecified atom stereocenters. The summed E-state index contributed by atoms with van der Waals surface area (Å²) >= 11 is 12.3. The maximum atomic E-state index is 11.9. The van der Waals surface area contributed by atoms with Crippen LogP contribution < -0.4 is 0 Å². The maximum Gasteiger partial charge on any atom is 0.240 e. The van der Waals surface area contributed by atoms with Gasteiger partial charge in [0.15, 0.2) is 0 Å². The third-order valence-corrected chi connectivity index (χ3v) is 4.22. The van der Waals surface area contributed by atoms with Crippen molar-refractivity contribution in [2.24, 2.45) is 5.10 Å². The number of hydrogen-bond donors (Lipinski definition) is 0. The highest BCUT2D eigenvalue weighted by atomic mass is 35.5. The van der Waals surface area contributed by atoms with Gasteiger partial charge in [-0.05, 0) is 23.3 Å². The largest absolute Gasteiger partial charge is 0.273 e. The predicted molar refractivity (Wildman–Crippen MR) is 89.3 cm³/mol. The Balaban J connectivity index is 1.98. The molecule has 112 valence electrons. The van der Waals surface area contributed by atoms with Crippen LogP contribution in [0, 0.1) is 0 Å². The Morgan fingerprint density at radius 2 is 1.91 bits per heavy atom. The molecule has 3 rings (SSSR count). The normalized spacial score (nSPS) is 17.5. The van der Waals surface area contributed by atoms with Gasteiger partial charge in [0.05, 0.1) is 11.8 Å². The van der Waals surface area contributed by atoms with Crippen LogP contribution in [0.3, 0.4) is 0 Å².